The highest BCUT2D eigenvalue weighted by molar-refractivity contribution is 5.94. The number of amides is 1. The summed E-state index contributed by atoms with van der Waals surface area (Å²) in [6.45, 7) is 6.82. The van der Waals surface area contributed by atoms with Gasteiger partial charge in [0.05, 0.1) is 19.8 Å². The number of rotatable bonds is 14. The summed E-state index contributed by atoms with van der Waals surface area (Å²) in [6.07, 6.45) is 3.06. The Hall–Kier alpha value is -2.12. The van der Waals surface area contributed by atoms with Crippen molar-refractivity contribution in [3.05, 3.63) is 35.9 Å². The Balaban J connectivity index is 1.98. The van der Waals surface area contributed by atoms with Crippen LogP contribution in [0.1, 0.15) is 36.5 Å². The maximum Gasteiger partial charge on any atom is 0.251 e. The van der Waals surface area contributed by atoms with Crippen LogP contribution in [0, 0.1) is 0 Å². The molecule has 0 bridgehead atoms. The number of hydrogen-bond donors (Lipinski definition) is 3. The average Bonchev–Trinajstić information content (AvgIpc) is 2.71. The molecule has 1 aromatic carbocycles. The fourth-order valence-corrected chi connectivity index (χ4v) is 2.22. The van der Waals surface area contributed by atoms with Gasteiger partial charge in [-0.25, -0.2) is 0 Å². The molecule has 0 saturated heterocycles. The number of unbranched alkanes of at least 4 members (excludes halogenated alkanes) is 1. The van der Waals surface area contributed by atoms with E-state index in [1.165, 1.54) is 0 Å². The normalized spacial score (nSPS) is 11.3. The van der Waals surface area contributed by atoms with Crippen molar-refractivity contribution in [3.8, 4) is 0 Å². The molecule has 0 aliphatic heterocycles. The van der Waals surface area contributed by atoms with Crippen molar-refractivity contribution < 1.29 is 14.3 Å². The van der Waals surface area contributed by atoms with Crippen molar-refractivity contribution in [1.29, 1.82) is 0 Å². The molecule has 0 aromatic heterocycles. The van der Waals surface area contributed by atoms with Gasteiger partial charge in [0.15, 0.2) is 5.96 Å². The van der Waals surface area contributed by atoms with Gasteiger partial charge in [0.2, 0.25) is 0 Å². The molecular weight excluding hydrogens is 344 g/mol. The third kappa shape index (κ3) is 12.0. The Kier molecular flexibility index (Phi) is 13.7. The second-order valence-electron chi connectivity index (χ2n) is 5.98. The lowest BCUT2D eigenvalue weighted by molar-refractivity contribution is 0.0487. The molecule has 7 heteroatoms. The molecule has 0 saturated carbocycles. The van der Waals surface area contributed by atoms with Crippen LogP contribution in [-0.2, 0) is 9.47 Å². The van der Waals surface area contributed by atoms with Crippen LogP contribution in [0.2, 0.25) is 0 Å². The van der Waals surface area contributed by atoms with E-state index >= 15 is 0 Å². The Labute approximate surface area is 162 Å². The molecule has 7 nitrogen and oxygen atoms in total. The maximum absolute atomic E-state index is 11.9. The van der Waals surface area contributed by atoms with E-state index in [0.29, 0.717) is 38.5 Å². The number of hydrogen-bond acceptors (Lipinski definition) is 4. The van der Waals surface area contributed by atoms with Crippen molar-refractivity contribution in [2.75, 3.05) is 53.1 Å². The molecule has 1 amide bonds. The third-order valence-corrected chi connectivity index (χ3v) is 3.74. The van der Waals surface area contributed by atoms with Gasteiger partial charge >= 0.3 is 0 Å². The fourth-order valence-electron chi connectivity index (χ4n) is 2.22. The quantitative estimate of drug-likeness (QED) is 0.261. The monoisotopic (exact) mass is 378 g/mol. The van der Waals surface area contributed by atoms with E-state index in [1.807, 2.05) is 18.2 Å². The summed E-state index contributed by atoms with van der Waals surface area (Å²) in [5.74, 6) is 0.682. The highest BCUT2D eigenvalue weighted by Gasteiger charge is 2.03. The van der Waals surface area contributed by atoms with Crippen molar-refractivity contribution in [2.45, 2.75) is 26.2 Å². The lowest BCUT2D eigenvalue weighted by atomic mass is 10.2. The number of carbonyl (C=O) groups excluding carboxylic acids is 1. The smallest absolute Gasteiger partial charge is 0.251 e. The zero-order chi connectivity index (χ0) is 19.6. The zero-order valence-electron chi connectivity index (χ0n) is 16.6. The van der Waals surface area contributed by atoms with Crippen LogP contribution in [0.3, 0.4) is 0 Å². The van der Waals surface area contributed by atoms with Crippen LogP contribution in [0.5, 0.6) is 0 Å². The van der Waals surface area contributed by atoms with Crippen molar-refractivity contribution >= 4 is 11.9 Å². The van der Waals surface area contributed by atoms with Crippen LogP contribution < -0.4 is 16.0 Å². The highest BCUT2D eigenvalue weighted by Crippen LogP contribution is 1.97. The van der Waals surface area contributed by atoms with Gasteiger partial charge in [0.1, 0.15) is 0 Å². The number of benzene rings is 1. The van der Waals surface area contributed by atoms with Crippen molar-refractivity contribution in [3.63, 3.8) is 0 Å². The molecule has 0 unspecified atom stereocenters. The Morgan fingerprint density at radius 3 is 2.26 bits per heavy atom. The number of nitrogens with one attached hydrogen (secondary N) is 3. The first-order chi connectivity index (χ1) is 13.3. The minimum absolute atomic E-state index is 0.0473. The summed E-state index contributed by atoms with van der Waals surface area (Å²) in [6, 6.07) is 9.22. The van der Waals surface area contributed by atoms with Gasteiger partial charge in [-0.1, -0.05) is 31.5 Å². The van der Waals surface area contributed by atoms with Gasteiger partial charge in [-0.05, 0) is 25.0 Å². The fraction of sp³-hybridized carbons (Fsp3) is 0.600. The summed E-state index contributed by atoms with van der Waals surface area (Å²) in [5, 5.41) is 9.31. The summed E-state index contributed by atoms with van der Waals surface area (Å²) in [7, 11) is 1.73. The molecule has 0 fully saturated rings. The number of carbonyl (C=O) groups is 1. The molecule has 0 aliphatic carbocycles. The van der Waals surface area contributed by atoms with E-state index < -0.39 is 0 Å². The molecule has 0 radical (unpaired) electrons. The number of ether oxygens (including phenoxy) is 2. The van der Waals surface area contributed by atoms with Crippen LogP contribution in [-0.4, -0.2) is 65.0 Å². The summed E-state index contributed by atoms with van der Waals surface area (Å²) in [5.41, 5.74) is 0.679. The van der Waals surface area contributed by atoms with E-state index in [4.69, 9.17) is 9.47 Å². The van der Waals surface area contributed by atoms with Gasteiger partial charge in [-0.2, -0.15) is 0 Å². The standard InChI is InChI=1S/C20H34N4O3/c1-3-4-14-26-16-17-27-15-13-24-20(21-2)23-12-8-11-22-19(25)18-9-6-5-7-10-18/h5-7,9-10H,3-4,8,11-17H2,1-2H3,(H,22,25)(H2,21,23,24). The molecule has 0 atom stereocenters. The first-order valence-electron chi connectivity index (χ1n) is 9.71. The predicted octanol–water partition coefficient (Wildman–Crippen LogP) is 1.80. The minimum atomic E-state index is -0.0473. The van der Waals surface area contributed by atoms with E-state index in [9.17, 15) is 4.79 Å². The molecule has 152 valence electrons. The third-order valence-electron chi connectivity index (χ3n) is 3.74. The van der Waals surface area contributed by atoms with Gasteiger partial charge in [-0.3, -0.25) is 9.79 Å². The van der Waals surface area contributed by atoms with Crippen LogP contribution in [0.25, 0.3) is 0 Å². The maximum atomic E-state index is 11.9. The average molecular weight is 379 g/mol. The molecule has 0 heterocycles. The molecule has 27 heavy (non-hydrogen) atoms. The predicted molar refractivity (Wildman–Crippen MR) is 109 cm³/mol. The molecule has 0 aliphatic rings. The van der Waals surface area contributed by atoms with Crippen molar-refractivity contribution in [1.82, 2.24) is 16.0 Å². The number of guanidine groups is 1. The highest BCUT2D eigenvalue weighted by atomic mass is 16.5. The van der Waals surface area contributed by atoms with Gasteiger partial charge in [-0.15, -0.1) is 0 Å². The van der Waals surface area contributed by atoms with E-state index in [1.54, 1.807) is 19.2 Å². The van der Waals surface area contributed by atoms with Gasteiger partial charge < -0.3 is 25.4 Å². The SMILES string of the molecule is CCCCOCCOCCNC(=NC)NCCCNC(=O)c1ccccc1. The van der Waals surface area contributed by atoms with Crippen LogP contribution in [0.15, 0.2) is 35.3 Å². The Bertz CT molecular complexity index is 523. The van der Waals surface area contributed by atoms with Crippen LogP contribution in [0.4, 0.5) is 0 Å². The summed E-state index contributed by atoms with van der Waals surface area (Å²) in [4.78, 5) is 16.1. The van der Waals surface area contributed by atoms with Crippen molar-refractivity contribution in [2.24, 2.45) is 4.99 Å². The first-order valence-corrected chi connectivity index (χ1v) is 9.71. The van der Waals surface area contributed by atoms with E-state index in [0.717, 1.165) is 38.4 Å². The van der Waals surface area contributed by atoms with Crippen LogP contribution >= 0.6 is 0 Å². The molecular formula is C20H34N4O3. The summed E-state index contributed by atoms with van der Waals surface area (Å²) < 4.78 is 10.9. The minimum Gasteiger partial charge on any atom is -0.379 e. The molecule has 0 spiro atoms. The largest absolute Gasteiger partial charge is 0.379 e. The first kappa shape index (κ1) is 22.9. The second kappa shape index (κ2) is 16.1. The van der Waals surface area contributed by atoms with Gasteiger partial charge in [0, 0.05) is 38.9 Å². The lowest BCUT2D eigenvalue weighted by Gasteiger charge is -2.12. The van der Waals surface area contributed by atoms with E-state index in [-0.39, 0.29) is 5.91 Å². The van der Waals surface area contributed by atoms with E-state index in [2.05, 4.69) is 27.9 Å². The number of nitrogens with zero attached hydrogens (tertiary/aromatic N) is 1. The molecule has 3 N–H and O–H groups in total. The zero-order valence-corrected chi connectivity index (χ0v) is 16.6. The molecule has 1 aromatic rings. The number of aliphatic imine (C=N–C) groups is 1. The Morgan fingerprint density at radius 1 is 0.889 bits per heavy atom. The lowest BCUT2D eigenvalue weighted by Crippen LogP contribution is -2.40. The molecule has 1 rings (SSSR count). The summed E-state index contributed by atoms with van der Waals surface area (Å²) >= 11 is 0. The second-order valence-corrected chi connectivity index (χ2v) is 5.98. The van der Waals surface area contributed by atoms with Gasteiger partial charge in [0.25, 0.3) is 5.91 Å². The topological polar surface area (TPSA) is 84.0 Å². The Morgan fingerprint density at radius 2 is 1.56 bits per heavy atom.